The maximum atomic E-state index is 12.9. The Balaban J connectivity index is 1.75. The molecule has 2 aromatic carbocycles. The molecule has 0 radical (unpaired) electrons. The van der Waals surface area contributed by atoms with Crippen molar-refractivity contribution in [2.24, 2.45) is 0 Å². The van der Waals surface area contributed by atoms with Crippen molar-refractivity contribution in [1.82, 2.24) is 4.90 Å². The van der Waals surface area contributed by atoms with Gasteiger partial charge in [0.15, 0.2) is 5.78 Å². The summed E-state index contributed by atoms with van der Waals surface area (Å²) in [5, 5.41) is 2.49. The van der Waals surface area contributed by atoms with Gasteiger partial charge in [0.05, 0.1) is 11.2 Å². The Kier molecular flexibility index (Phi) is 5.08. The summed E-state index contributed by atoms with van der Waals surface area (Å²) in [5.74, 6) is 2.08. The molecule has 1 fully saturated rings. The molecule has 0 aliphatic heterocycles. The molecule has 2 aromatic rings. The smallest absolute Gasteiger partial charge is 0.153 e. The summed E-state index contributed by atoms with van der Waals surface area (Å²) in [6.07, 6.45) is 3.19. The lowest BCUT2D eigenvalue weighted by atomic mass is 9.62. The molecule has 3 rings (SSSR count). The SMILES string of the molecule is CN(C)CCSCC(=O)C1(c2ccc3ccccc3c2)CCC1. The van der Waals surface area contributed by atoms with Crippen LogP contribution in [0.2, 0.25) is 0 Å². The quantitative estimate of drug-likeness (QED) is 0.713. The highest BCUT2D eigenvalue weighted by molar-refractivity contribution is 7.99. The first-order valence-electron chi connectivity index (χ1n) is 8.37. The summed E-state index contributed by atoms with van der Waals surface area (Å²) >= 11 is 1.77. The summed E-state index contributed by atoms with van der Waals surface area (Å²) in [6, 6.07) is 15.0. The predicted octanol–water partition coefficient (Wildman–Crippen LogP) is 4.13. The van der Waals surface area contributed by atoms with E-state index in [0.29, 0.717) is 11.5 Å². The Morgan fingerprint density at radius 3 is 2.52 bits per heavy atom. The van der Waals surface area contributed by atoms with Crippen molar-refractivity contribution in [2.45, 2.75) is 24.7 Å². The molecular weight excluding hydrogens is 302 g/mol. The largest absolute Gasteiger partial charge is 0.309 e. The fourth-order valence-corrected chi connectivity index (χ4v) is 4.40. The standard InChI is InChI=1S/C20H25NOS/c1-21(2)12-13-23-15-19(22)20(10-5-11-20)18-9-8-16-6-3-4-7-17(16)14-18/h3-4,6-9,14H,5,10-13,15H2,1-2H3. The highest BCUT2D eigenvalue weighted by Gasteiger charge is 2.44. The first-order chi connectivity index (χ1) is 11.1. The third kappa shape index (κ3) is 3.46. The molecule has 0 unspecified atom stereocenters. The van der Waals surface area contributed by atoms with E-state index in [-0.39, 0.29) is 5.41 Å². The number of hydrogen-bond donors (Lipinski definition) is 0. The van der Waals surface area contributed by atoms with Gasteiger partial charge in [-0.2, -0.15) is 11.8 Å². The highest BCUT2D eigenvalue weighted by atomic mass is 32.2. The van der Waals surface area contributed by atoms with Crippen molar-refractivity contribution < 1.29 is 4.79 Å². The Hall–Kier alpha value is -1.32. The van der Waals surface area contributed by atoms with Crippen molar-refractivity contribution in [3.63, 3.8) is 0 Å². The maximum Gasteiger partial charge on any atom is 0.153 e. The van der Waals surface area contributed by atoms with Crippen LogP contribution in [-0.2, 0) is 10.2 Å². The number of carbonyl (C=O) groups is 1. The molecule has 0 N–H and O–H groups in total. The molecule has 122 valence electrons. The van der Waals surface area contributed by atoms with Crippen LogP contribution >= 0.6 is 11.8 Å². The van der Waals surface area contributed by atoms with Crippen molar-refractivity contribution in [3.05, 3.63) is 48.0 Å². The van der Waals surface area contributed by atoms with Crippen molar-refractivity contribution in [2.75, 3.05) is 32.1 Å². The average molecular weight is 327 g/mol. The lowest BCUT2D eigenvalue weighted by Gasteiger charge is -2.41. The molecule has 1 aliphatic carbocycles. The number of hydrogen-bond acceptors (Lipinski definition) is 3. The second-order valence-electron chi connectivity index (χ2n) is 6.78. The third-order valence-corrected chi connectivity index (χ3v) is 5.90. The van der Waals surface area contributed by atoms with Gasteiger partial charge < -0.3 is 4.90 Å². The van der Waals surface area contributed by atoms with Gasteiger partial charge in [0.2, 0.25) is 0 Å². The van der Waals surface area contributed by atoms with E-state index in [1.807, 2.05) is 0 Å². The molecule has 23 heavy (non-hydrogen) atoms. The predicted molar refractivity (Wildman–Crippen MR) is 100 cm³/mol. The van der Waals surface area contributed by atoms with Crippen molar-refractivity contribution >= 4 is 28.3 Å². The minimum Gasteiger partial charge on any atom is -0.309 e. The first kappa shape index (κ1) is 16.5. The Bertz CT molecular complexity index is 691. The van der Waals surface area contributed by atoms with Gasteiger partial charge in [-0.15, -0.1) is 0 Å². The molecule has 0 bridgehead atoms. The lowest BCUT2D eigenvalue weighted by Crippen LogP contribution is -2.43. The zero-order chi connectivity index (χ0) is 16.3. The molecular formula is C20H25NOS. The van der Waals surface area contributed by atoms with Gasteiger partial charge in [-0.05, 0) is 43.3 Å². The van der Waals surface area contributed by atoms with Gasteiger partial charge in [0.1, 0.15) is 0 Å². The molecule has 0 saturated heterocycles. The van der Waals surface area contributed by atoms with Gasteiger partial charge in [0, 0.05) is 12.3 Å². The molecule has 3 heteroatoms. The van der Waals surface area contributed by atoms with E-state index in [4.69, 9.17) is 0 Å². The summed E-state index contributed by atoms with van der Waals surface area (Å²) in [4.78, 5) is 15.1. The molecule has 0 heterocycles. The molecule has 2 nitrogen and oxygen atoms in total. The third-order valence-electron chi connectivity index (χ3n) is 4.96. The Labute approximate surface area is 143 Å². The van der Waals surface area contributed by atoms with E-state index >= 15 is 0 Å². The van der Waals surface area contributed by atoms with Crippen molar-refractivity contribution in [3.8, 4) is 0 Å². The zero-order valence-electron chi connectivity index (χ0n) is 14.0. The number of fused-ring (bicyclic) bond motifs is 1. The Morgan fingerprint density at radius 1 is 1.13 bits per heavy atom. The molecule has 0 atom stereocenters. The van der Waals surface area contributed by atoms with Crippen LogP contribution in [0.3, 0.4) is 0 Å². The zero-order valence-corrected chi connectivity index (χ0v) is 14.9. The van der Waals surface area contributed by atoms with E-state index in [2.05, 4.69) is 61.5 Å². The van der Waals surface area contributed by atoms with E-state index in [1.165, 1.54) is 22.8 Å². The topological polar surface area (TPSA) is 20.3 Å². The maximum absolute atomic E-state index is 12.9. The summed E-state index contributed by atoms with van der Waals surface area (Å²) < 4.78 is 0. The number of benzene rings is 2. The Morgan fingerprint density at radius 2 is 1.87 bits per heavy atom. The molecule has 0 aromatic heterocycles. The van der Waals surface area contributed by atoms with Crippen LogP contribution in [0.1, 0.15) is 24.8 Å². The van der Waals surface area contributed by atoms with E-state index in [0.717, 1.165) is 25.1 Å². The van der Waals surface area contributed by atoms with Gasteiger partial charge in [0.25, 0.3) is 0 Å². The minimum absolute atomic E-state index is 0.213. The highest BCUT2D eigenvalue weighted by Crippen LogP contribution is 2.45. The van der Waals surface area contributed by atoms with Crippen LogP contribution in [0.5, 0.6) is 0 Å². The fraction of sp³-hybridized carbons (Fsp3) is 0.450. The monoisotopic (exact) mass is 327 g/mol. The number of rotatable bonds is 7. The van der Waals surface area contributed by atoms with Crippen LogP contribution in [0.25, 0.3) is 10.8 Å². The second-order valence-corrected chi connectivity index (χ2v) is 7.88. The summed E-state index contributed by atoms with van der Waals surface area (Å²) in [7, 11) is 4.15. The van der Waals surface area contributed by atoms with Gasteiger partial charge >= 0.3 is 0 Å². The number of ketones is 1. The summed E-state index contributed by atoms with van der Waals surface area (Å²) in [5.41, 5.74) is 1.01. The number of Topliss-reactive ketones (excluding diaryl/α,β-unsaturated/α-hetero) is 1. The second kappa shape index (κ2) is 7.06. The van der Waals surface area contributed by atoms with Crippen LogP contribution in [0.15, 0.2) is 42.5 Å². The molecule has 0 spiro atoms. The summed E-state index contributed by atoms with van der Waals surface area (Å²) in [6.45, 7) is 1.03. The first-order valence-corrected chi connectivity index (χ1v) is 9.52. The fourth-order valence-electron chi connectivity index (χ4n) is 3.30. The van der Waals surface area contributed by atoms with Gasteiger partial charge in [-0.1, -0.05) is 48.9 Å². The van der Waals surface area contributed by atoms with Crippen molar-refractivity contribution in [1.29, 1.82) is 0 Å². The number of carbonyl (C=O) groups excluding carboxylic acids is 1. The van der Waals surface area contributed by atoms with E-state index < -0.39 is 0 Å². The van der Waals surface area contributed by atoms with E-state index in [1.54, 1.807) is 11.8 Å². The molecule has 1 aliphatic rings. The minimum atomic E-state index is -0.213. The van der Waals surface area contributed by atoms with Crippen LogP contribution in [0, 0.1) is 0 Å². The molecule has 1 saturated carbocycles. The van der Waals surface area contributed by atoms with Gasteiger partial charge in [-0.3, -0.25) is 4.79 Å². The normalized spacial score (nSPS) is 16.5. The lowest BCUT2D eigenvalue weighted by molar-refractivity contribution is -0.125. The number of thioether (sulfide) groups is 1. The van der Waals surface area contributed by atoms with Crippen LogP contribution in [0.4, 0.5) is 0 Å². The molecule has 0 amide bonds. The van der Waals surface area contributed by atoms with Gasteiger partial charge in [-0.25, -0.2) is 0 Å². The average Bonchev–Trinajstić information content (AvgIpc) is 2.50. The van der Waals surface area contributed by atoms with Crippen LogP contribution < -0.4 is 0 Å². The van der Waals surface area contributed by atoms with Crippen LogP contribution in [-0.4, -0.2) is 42.8 Å². The van der Waals surface area contributed by atoms with E-state index in [9.17, 15) is 4.79 Å². The number of nitrogens with zero attached hydrogens (tertiary/aromatic N) is 1.